The molecule has 2 atom stereocenters. The van der Waals surface area contributed by atoms with Crippen molar-refractivity contribution < 1.29 is 9.53 Å². The molecule has 1 amide bonds. The van der Waals surface area contributed by atoms with Crippen LogP contribution in [0.15, 0.2) is 4.99 Å². The van der Waals surface area contributed by atoms with Crippen LogP contribution < -0.4 is 11.1 Å². The molecule has 2 rings (SSSR count). The molecule has 3 N–H and O–H groups in total. The molecule has 0 saturated carbocycles. The predicted molar refractivity (Wildman–Crippen MR) is 83.1 cm³/mol. The molecular formula is C15H28N4O2. The largest absolute Gasteiger partial charge is 0.376 e. The van der Waals surface area contributed by atoms with Crippen molar-refractivity contribution in [3.63, 3.8) is 0 Å². The number of likely N-dealkylation sites (tertiary alicyclic amines) is 1. The molecule has 2 aliphatic heterocycles. The molecule has 2 heterocycles. The molecule has 0 aromatic heterocycles. The highest BCUT2D eigenvalue weighted by atomic mass is 16.5. The number of hydrogen-bond donors (Lipinski definition) is 2. The van der Waals surface area contributed by atoms with E-state index in [1.807, 2.05) is 0 Å². The fourth-order valence-corrected chi connectivity index (χ4v) is 3.11. The number of carbonyl (C=O) groups excluding carboxylic acids is 1. The zero-order chi connectivity index (χ0) is 15.1. The molecule has 6 nitrogen and oxygen atoms in total. The van der Waals surface area contributed by atoms with Gasteiger partial charge in [0.05, 0.1) is 12.6 Å². The predicted octanol–water partition coefficient (Wildman–Crippen LogP) is 0.718. The summed E-state index contributed by atoms with van der Waals surface area (Å²) in [5.74, 6) is 1.09. The van der Waals surface area contributed by atoms with E-state index in [2.05, 4.69) is 17.1 Å². The van der Waals surface area contributed by atoms with Crippen molar-refractivity contribution in [2.45, 2.75) is 45.1 Å². The van der Waals surface area contributed by atoms with Gasteiger partial charge >= 0.3 is 0 Å². The summed E-state index contributed by atoms with van der Waals surface area (Å²) in [5, 5.41) is 3.35. The molecule has 6 heteroatoms. The first-order chi connectivity index (χ1) is 10.2. The van der Waals surface area contributed by atoms with Gasteiger partial charge in [0.1, 0.15) is 0 Å². The third kappa shape index (κ3) is 5.19. The highest BCUT2D eigenvalue weighted by Gasteiger charge is 2.24. The van der Waals surface area contributed by atoms with E-state index in [9.17, 15) is 4.79 Å². The van der Waals surface area contributed by atoms with E-state index in [1.165, 1.54) is 0 Å². The van der Waals surface area contributed by atoms with Crippen LogP contribution in [0.5, 0.6) is 0 Å². The van der Waals surface area contributed by atoms with Crippen molar-refractivity contribution in [1.29, 1.82) is 0 Å². The number of piperidine rings is 1. The number of nitrogens with two attached hydrogens (primary N) is 1. The average Bonchev–Trinajstić information content (AvgIpc) is 2.96. The van der Waals surface area contributed by atoms with Crippen LogP contribution in [0.4, 0.5) is 0 Å². The molecule has 0 bridgehead atoms. The van der Waals surface area contributed by atoms with Gasteiger partial charge in [-0.3, -0.25) is 9.79 Å². The van der Waals surface area contributed by atoms with Gasteiger partial charge in [-0.05, 0) is 38.5 Å². The molecule has 2 unspecified atom stereocenters. The molecular weight excluding hydrogens is 268 g/mol. The van der Waals surface area contributed by atoms with Gasteiger partial charge in [0.2, 0.25) is 5.91 Å². The number of nitrogens with one attached hydrogen (secondary N) is 1. The Balaban J connectivity index is 1.92. The normalized spacial score (nSPS) is 26.9. The van der Waals surface area contributed by atoms with Gasteiger partial charge in [0.25, 0.3) is 0 Å². The Hall–Kier alpha value is -1.30. The number of carbonyl (C=O) groups is 1. The van der Waals surface area contributed by atoms with Crippen LogP contribution in [0, 0.1) is 5.92 Å². The van der Waals surface area contributed by atoms with Gasteiger partial charge in [0.15, 0.2) is 5.96 Å². The van der Waals surface area contributed by atoms with Crippen LogP contribution in [0.2, 0.25) is 0 Å². The molecule has 0 spiro atoms. The van der Waals surface area contributed by atoms with E-state index < -0.39 is 0 Å². The maximum absolute atomic E-state index is 11.1. The van der Waals surface area contributed by atoms with E-state index in [4.69, 9.17) is 15.5 Å². The van der Waals surface area contributed by atoms with Crippen LogP contribution in [-0.2, 0) is 9.53 Å². The summed E-state index contributed by atoms with van der Waals surface area (Å²) in [4.78, 5) is 18.1. The first-order valence-corrected chi connectivity index (χ1v) is 8.12. The highest BCUT2D eigenvalue weighted by molar-refractivity contribution is 5.80. The fourth-order valence-electron chi connectivity index (χ4n) is 3.11. The van der Waals surface area contributed by atoms with Crippen molar-refractivity contribution in [2.75, 3.05) is 32.8 Å². The molecule has 2 saturated heterocycles. The zero-order valence-electron chi connectivity index (χ0n) is 13.0. The second-order valence-electron chi connectivity index (χ2n) is 5.95. The Bertz CT molecular complexity index is 367. The molecule has 0 radical (unpaired) electrons. The number of hydrogen-bond acceptors (Lipinski definition) is 3. The lowest BCUT2D eigenvalue weighted by Crippen LogP contribution is -2.47. The summed E-state index contributed by atoms with van der Waals surface area (Å²) in [5.41, 5.74) is 5.33. The highest BCUT2D eigenvalue weighted by Crippen LogP contribution is 2.19. The van der Waals surface area contributed by atoms with Crippen molar-refractivity contribution in [3.05, 3.63) is 0 Å². The molecule has 2 fully saturated rings. The van der Waals surface area contributed by atoms with Crippen molar-refractivity contribution in [1.82, 2.24) is 10.2 Å². The summed E-state index contributed by atoms with van der Waals surface area (Å²) in [6, 6.07) is 0. The number of nitrogens with zero attached hydrogens (tertiary/aromatic N) is 2. The topological polar surface area (TPSA) is 80.0 Å². The van der Waals surface area contributed by atoms with E-state index in [-0.39, 0.29) is 12.0 Å². The Morgan fingerprint density at radius 3 is 2.95 bits per heavy atom. The number of primary amides is 1. The smallest absolute Gasteiger partial charge is 0.217 e. The maximum Gasteiger partial charge on any atom is 0.217 e. The number of ether oxygens (including phenoxy) is 1. The van der Waals surface area contributed by atoms with Gasteiger partial charge in [-0.15, -0.1) is 0 Å². The van der Waals surface area contributed by atoms with Gasteiger partial charge in [-0.25, -0.2) is 0 Å². The Morgan fingerprint density at radius 2 is 2.29 bits per heavy atom. The van der Waals surface area contributed by atoms with Crippen LogP contribution in [0.3, 0.4) is 0 Å². The van der Waals surface area contributed by atoms with E-state index in [1.54, 1.807) is 0 Å². The SMILES string of the molecule is CCNC(=NCC1CCCO1)N1CCCC(CC(N)=O)C1. The first kappa shape index (κ1) is 16.1. The zero-order valence-corrected chi connectivity index (χ0v) is 13.0. The van der Waals surface area contributed by atoms with Crippen LogP contribution in [-0.4, -0.2) is 55.7 Å². The number of aliphatic imine (C=N–C) groups is 1. The Morgan fingerprint density at radius 1 is 1.43 bits per heavy atom. The van der Waals surface area contributed by atoms with E-state index >= 15 is 0 Å². The minimum absolute atomic E-state index is 0.205. The van der Waals surface area contributed by atoms with Gasteiger partial charge < -0.3 is 20.7 Å². The third-order valence-electron chi connectivity index (χ3n) is 4.11. The van der Waals surface area contributed by atoms with Crippen molar-refractivity contribution >= 4 is 11.9 Å². The molecule has 120 valence electrons. The van der Waals surface area contributed by atoms with Crippen LogP contribution >= 0.6 is 0 Å². The lowest BCUT2D eigenvalue weighted by Gasteiger charge is -2.34. The van der Waals surface area contributed by atoms with Crippen molar-refractivity contribution in [2.24, 2.45) is 16.6 Å². The molecule has 0 aliphatic carbocycles. The summed E-state index contributed by atoms with van der Waals surface area (Å²) in [6.45, 7) is 6.36. The first-order valence-electron chi connectivity index (χ1n) is 8.12. The van der Waals surface area contributed by atoms with Gasteiger partial charge in [-0.2, -0.15) is 0 Å². The van der Waals surface area contributed by atoms with Crippen molar-refractivity contribution in [3.8, 4) is 0 Å². The molecule has 0 aromatic carbocycles. The summed E-state index contributed by atoms with van der Waals surface area (Å²) in [7, 11) is 0. The summed E-state index contributed by atoms with van der Waals surface area (Å²) in [6.07, 6.45) is 5.15. The fraction of sp³-hybridized carbons (Fsp3) is 0.867. The second-order valence-corrected chi connectivity index (χ2v) is 5.95. The van der Waals surface area contributed by atoms with Crippen LogP contribution in [0.1, 0.15) is 39.0 Å². The van der Waals surface area contributed by atoms with Gasteiger partial charge in [0, 0.05) is 32.7 Å². The Kier molecular flexibility index (Phi) is 6.29. The third-order valence-corrected chi connectivity index (χ3v) is 4.11. The summed E-state index contributed by atoms with van der Waals surface area (Å²) < 4.78 is 5.63. The maximum atomic E-state index is 11.1. The standard InChI is InChI=1S/C15H28N4O2/c1-2-17-15(18-10-13-6-4-8-21-13)19-7-3-5-12(11-19)9-14(16)20/h12-13H,2-11H2,1H3,(H2,16,20)(H,17,18). The van der Waals surface area contributed by atoms with E-state index in [0.29, 0.717) is 12.3 Å². The average molecular weight is 296 g/mol. The minimum Gasteiger partial charge on any atom is -0.376 e. The molecule has 2 aliphatic rings. The Labute approximate surface area is 127 Å². The van der Waals surface area contributed by atoms with E-state index in [0.717, 1.165) is 64.4 Å². The van der Waals surface area contributed by atoms with Gasteiger partial charge in [-0.1, -0.05) is 0 Å². The lowest BCUT2D eigenvalue weighted by molar-refractivity contribution is -0.119. The number of amides is 1. The molecule has 0 aromatic rings. The number of guanidine groups is 1. The summed E-state index contributed by atoms with van der Waals surface area (Å²) >= 11 is 0. The lowest BCUT2D eigenvalue weighted by atomic mass is 9.95. The molecule has 21 heavy (non-hydrogen) atoms. The minimum atomic E-state index is -0.205. The monoisotopic (exact) mass is 296 g/mol. The van der Waals surface area contributed by atoms with Crippen LogP contribution in [0.25, 0.3) is 0 Å². The number of rotatable bonds is 5. The quantitative estimate of drug-likeness (QED) is 0.579. The second kappa shape index (κ2) is 8.22.